The van der Waals surface area contributed by atoms with Gasteiger partial charge in [0.25, 0.3) is 6.71 Å². The van der Waals surface area contributed by atoms with Gasteiger partial charge >= 0.3 is 0 Å². The zero-order valence-electron chi connectivity index (χ0n) is 55.3. The van der Waals surface area contributed by atoms with Crippen molar-refractivity contribution in [2.75, 3.05) is 9.80 Å². The number of benzene rings is 13. The number of anilines is 6. The molecule has 19 rings (SSSR count). The van der Waals surface area contributed by atoms with Crippen LogP contribution in [0.4, 0.5) is 34.1 Å². The van der Waals surface area contributed by atoms with Gasteiger partial charge in [-0.3, -0.25) is 0 Å². The third kappa shape index (κ3) is 8.66. The van der Waals surface area contributed by atoms with Crippen molar-refractivity contribution in [3.63, 3.8) is 0 Å². The first-order chi connectivity index (χ1) is 47.7. The van der Waals surface area contributed by atoms with E-state index in [0.29, 0.717) is 0 Å². The maximum atomic E-state index is 7.34. The lowest BCUT2D eigenvalue weighted by Crippen LogP contribution is -2.61. The van der Waals surface area contributed by atoms with Crippen molar-refractivity contribution < 1.29 is 8.83 Å². The van der Waals surface area contributed by atoms with Crippen molar-refractivity contribution in [1.82, 2.24) is 9.13 Å². The van der Waals surface area contributed by atoms with Gasteiger partial charge in [0.2, 0.25) is 0 Å². The van der Waals surface area contributed by atoms with Gasteiger partial charge in [-0.15, -0.1) is 0 Å². The normalized spacial score (nSPS) is 13.0. The van der Waals surface area contributed by atoms with E-state index in [1.807, 2.05) is 0 Å². The van der Waals surface area contributed by atoms with Crippen LogP contribution in [0.5, 0.6) is 0 Å². The molecule has 17 aromatic rings. The number of rotatable bonds is 12. The number of fused-ring (bicyclic) bond motifs is 16. The van der Waals surface area contributed by atoms with E-state index in [9.17, 15) is 0 Å². The molecule has 0 N–H and O–H groups in total. The third-order valence-corrected chi connectivity index (χ3v) is 21.2. The van der Waals surface area contributed by atoms with Gasteiger partial charge in [-0.1, -0.05) is 229 Å². The fraction of sp³-hybridized carbons (Fsp3) is 0.133. The van der Waals surface area contributed by atoms with Gasteiger partial charge in [0.05, 0.1) is 33.4 Å². The van der Waals surface area contributed by atoms with Crippen LogP contribution in [0.2, 0.25) is 0 Å². The lowest BCUT2D eigenvalue weighted by molar-refractivity contribution is 0.590. The average molecular weight is 1250 g/mol. The first-order valence-corrected chi connectivity index (χ1v) is 34.8. The van der Waals surface area contributed by atoms with Crippen molar-refractivity contribution in [2.45, 2.75) is 78.6 Å². The summed E-state index contributed by atoms with van der Waals surface area (Å²) in [4.78, 5) is 5.46. The SMILES string of the molecule is CCCCc1c(N2c3cc(-n4c5ccccc5c5ccccc54)ccc3B3c4ccc(-n5c6ccccc6c6ccccc65)cc4N(c4c(-c5ccccc5)cc5c(oc6ccccc65)c4CCCC)c4cc(C(C)(C)C)cc2c43)c(-c2ccccc2)cc2c1oc1ccccc12. The summed E-state index contributed by atoms with van der Waals surface area (Å²) in [5.41, 5.74) is 29.2. The highest BCUT2D eigenvalue weighted by atomic mass is 16.3. The number of hydrogen-bond acceptors (Lipinski definition) is 4. The summed E-state index contributed by atoms with van der Waals surface area (Å²) in [5, 5.41) is 9.45. The van der Waals surface area contributed by atoms with Crippen LogP contribution < -0.4 is 26.2 Å². The van der Waals surface area contributed by atoms with E-state index < -0.39 is 0 Å². The molecule has 6 heterocycles. The predicted octanol–water partition coefficient (Wildman–Crippen LogP) is 23.1. The highest BCUT2D eigenvalue weighted by Gasteiger charge is 2.47. The molecule has 0 atom stereocenters. The van der Waals surface area contributed by atoms with E-state index in [1.54, 1.807) is 0 Å². The summed E-state index contributed by atoms with van der Waals surface area (Å²) in [6.07, 6.45) is 5.61. The van der Waals surface area contributed by atoms with E-state index in [2.05, 4.69) is 320 Å². The summed E-state index contributed by atoms with van der Waals surface area (Å²) in [6.45, 7) is 11.6. The van der Waals surface area contributed by atoms with Crippen molar-refractivity contribution in [3.8, 4) is 33.6 Å². The Morgan fingerprint density at radius 3 is 1.09 bits per heavy atom. The lowest BCUT2D eigenvalue weighted by atomic mass is 9.33. The Morgan fingerprint density at radius 1 is 0.351 bits per heavy atom. The monoisotopic (exact) mass is 1250 g/mol. The van der Waals surface area contributed by atoms with Gasteiger partial charge in [0.15, 0.2) is 0 Å². The molecular weight excluding hydrogens is 1180 g/mol. The van der Waals surface area contributed by atoms with Crippen molar-refractivity contribution in [2.24, 2.45) is 0 Å². The molecule has 0 spiro atoms. The van der Waals surface area contributed by atoms with Crippen LogP contribution in [0.25, 0.3) is 121 Å². The molecule has 0 amide bonds. The third-order valence-electron chi connectivity index (χ3n) is 21.2. The summed E-state index contributed by atoms with van der Waals surface area (Å²) in [6, 6.07) is 100. The number of para-hydroxylation sites is 6. The van der Waals surface area contributed by atoms with Gasteiger partial charge in [-0.2, -0.15) is 0 Å². The zero-order valence-corrected chi connectivity index (χ0v) is 55.3. The van der Waals surface area contributed by atoms with E-state index in [4.69, 9.17) is 8.83 Å². The summed E-state index contributed by atoms with van der Waals surface area (Å²) in [7, 11) is 0. The van der Waals surface area contributed by atoms with Crippen LogP contribution in [-0.4, -0.2) is 15.8 Å². The minimum Gasteiger partial charge on any atom is -0.456 e. The fourth-order valence-corrected chi connectivity index (χ4v) is 16.7. The van der Waals surface area contributed by atoms with E-state index in [-0.39, 0.29) is 12.1 Å². The van der Waals surface area contributed by atoms with Crippen molar-refractivity contribution >= 4 is 145 Å². The molecule has 0 saturated carbocycles. The number of furan rings is 2. The average Bonchev–Trinajstić information content (AvgIpc) is 1.08. The highest BCUT2D eigenvalue weighted by Crippen LogP contribution is 2.55. The molecule has 0 bridgehead atoms. The highest BCUT2D eigenvalue weighted by molar-refractivity contribution is 7.00. The second-order valence-corrected chi connectivity index (χ2v) is 27.9. The Labute approximate surface area is 564 Å². The molecule has 4 aromatic heterocycles. The Bertz CT molecular complexity index is 5590. The molecule has 97 heavy (non-hydrogen) atoms. The number of aryl methyl sites for hydroxylation is 2. The molecule has 0 aliphatic carbocycles. The second kappa shape index (κ2) is 22.2. The Hall–Kier alpha value is -11.3. The molecule has 13 aromatic carbocycles. The molecule has 0 fully saturated rings. The fourth-order valence-electron chi connectivity index (χ4n) is 16.7. The molecular formula is C90H71BN4O2. The van der Waals surface area contributed by atoms with Gasteiger partial charge < -0.3 is 27.8 Å². The quantitative estimate of drug-likeness (QED) is 0.114. The standard InChI is InChI=1S/C90H71BN4O2/c1-6-8-32-67-86(69(56-28-12-10-13-29-56)54-71-65-38-20-26-44-83(65)96-88(67)71)94-79-52-59(92-75-40-22-16-34-61(75)62-35-17-23-41-76(62)92)46-48-73(79)91-74-49-47-60(93-77-42-24-18-36-63(77)64-37-19-25-43-78(64)93)53-80(74)95(82-51-58(90(3,4)5)50-81(94)85(82)91)87-68(33-9-7-2)89-72(66-39-21-27-45-84(66)97-89)55-70(87)57-30-14-11-15-31-57/h10-31,34-55H,6-9,32-33H2,1-5H3. The Kier molecular flexibility index (Phi) is 13.1. The van der Waals surface area contributed by atoms with Crippen molar-refractivity contribution in [3.05, 3.63) is 284 Å². The van der Waals surface area contributed by atoms with Gasteiger partial charge in [-0.25, -0.2) is 0 Å². The second-order valence-electron chi connectivity index (χ2n) is 27.9. The van der Waals surface area contributed by atoms with Gasteiger partial charge in [-0.05, 0) is 149 Å². The molecule has 2 aliphatic rings. The number of nitrogens with zero attached hydrogens (tertiary/aromatic N) is 4. The van der Waals surface area contributed by atoms with Gasteiger partial charge in [0.1, 0.15) is 22.3 Å². The molecule has 7 heteroatoms. The smallest absolute Gasteiger partial charge is 0.252 e. The van der Waals surface area contributed by atoms with E-state index in [1.165, 1.54) is 87.8 Å². The maximum Gasteiger partial charge on any atom is 0.252 e. The minimum atomic E-state index is -0.319. The van der Waals surface area contributed by atoms with Gasteiger partial charge in [0, 0.05) is 99.5 Å². The van der Waals surface area contributed by atoms with Crippen LogP contribution in [0, 0.1) is 0 Å². The lowest BCUT2D eigenvalue weighted by Gasteiger charge is -2.46. The summed E-state index contributed by atoms with van der Waals surface area (Å²) in [5.74, 6) is 0. The van der Waals surface area contributed by atoms with E-state index in [0.717, 1.165) is 139 Å². The van der Waals surface area contributed by atoms with Crippen LogP contribution >= 0.6 is 0 Å². The summed E-state index contributed by atoms with van der Waals surface area (Å²) < 4.78 is 19.7. The zero-order chi connectivity index (χ0) is 64.8. The van der Waals surface area contributed by atoms with Crippen LogP contribution in [-0.2, 0) is 18.3 Å². The Balaban J connectivity index is 1.00. The molecule has 0 radical (unpaired) electrons. The molecule has 0 saturated heterocycles. The number of unbranched alkanes of at least 4 members (excludes halogenated alkanes) is 2. The number of aromatic nitrogens is 2. The number of hydrogen-bond donors (Lipinski definition) is 0. The molecule has 2 aliphatic heterocycles. The van der Waals surface area contributed by atoms with E-state index >= 15 is 0 Å². The molecule has 6 nitrogen and oxygen atoms in total. The summed E-state index contributed by atoms with van der Waals surface area (Å²) >= 11 is 0. The minimum absolute atomic E-state index is 0.223. The largest absolute Gasteiger partial charge is 0.456 e. The van der Waals surface area contributed by atoms with Crippen LogP contribution in [0.15, 0.2) is 276 Å². The maximum absolute atomic E-state index is 7.34. The topological polar surface area (TPSA) is 42.6 Å². The Morgan fingerprint density at radius 2 is 0.711 bits per heavy atom. The molecule has 466 valence electrons. The van der Waals surface area contributed by atoms with Crippen LogP contribution in [0.3, 0.4) is 0 Å². The predicted molar refractivity (Wildman–Crippen MR) is 410 cm³/mol. The van der Waals surface area contributed by atoms with Crippen LogP contribution in [0.1, 0.15) is 77.0 Å². The first kappa shape index (κ1) is 57.2. The first-order valence-electron chi connectivity index (χ1n) is 34.8. The molecule has 0 unspecified atom stereocenters. The van der Waals surface area contributed by atoms with Crippen molar-refractivity contribution in [1.29, 1.82) is 0 Å².